The first-order valence-corrected chi connectivity index (χ1v) is 7.98. The fourth-order valence-electron chi connectivity index (χ4n) is 2.65. The highest BCUT2D eigenvalue weighted by Crippen LogP contribution is 2.39. The van der Waals surface area contributed by atoms with E-state index < -0.39 is 0 Å². The zero-order valence-electron chi connectivity index (χ0n) is 12.8. The van der Waals surface area contributed by atoms with Gasteiger partial charge in [-0.1, -0.05) is 30.3 Å². The average molecular weight is 306 g/mol. The molecule has 1 aliphatic rings. The number of aromatic nitrogens is 3. The summed E-state index contributed by atoms with van der Waals surface area (Å²) in [6, 6.07) is 13.7. The van der Waals surface area contributed by atoms with Gasteiger partial charge in [-0.3, -0.25) is 4.79 Å². The number of carbonyl (C=O) groups excluding carboxylic acids is 1. The maximum Gasteiger partial charge on any atom is 0.271 e. The predicted molar refractivity (Wildman–Crippen MR) is 87.4 cm³/mol. The lowest BCUT2D eigenvalue weighted by molar-refractivity contribution is 0.0948. The Morgan fingerprint density at radius 3 is 2.78 bits per heavy atom. The van der Waals surface area contributed by atoms with Crippen molar-refractivity contribution in [2.24, 2.45) is 0 Å². The van der Waals surface area contributed by atoms with E-state index in [-0.39, 0.29) is 5.91 Å². The molecule has 1 amide bonds. The molecule has 0 unspecified atom stereocenters. The summed E-state index contributed by atoms with van der Waals surface area (Å²) in [6.07, 6.45) is 5.16. The minimum atomic E-state index is -0.149. The Kier molecular flexibility index (Phi) is 3.54. The number of amides is 1. The summed E-state index contributed by atoms with van der Waals surface area (Å²) < 4.78 is 1.71. The zero-order valence-corrected chi connectivity index (χ0v) is 12.8. The lowest BCUT2D eigenvalue weighted by Crippen LogP contribution is -2.27. The van der Waals surface area contributed by atoms with Gasteiger partial charge >= 0.3 is 0 Å². The van der Waals surface area contributed by atoms with Crippen molar-refractivity contribution < 1.29 is 4.79 Å². The van der Waals surface area contributed by atoms with Crippen molar-refractivity contribution in [1.29, 1.82) is 0 Å². The summed E-state index contributed by atoms with van der Waals surface area (Å²) in [6.45, 7) is 0.597. The van der Waals surface area contributed by atoms with Gasteiger partial charge in [0.1, 0.15) is 5.69 Å². The second-order valence-corrected chi connectivity index (χ2v) is 5.95. The van der Waals surface area contributed by atoms with Crippen molar-refractivity contribution >= 4 is 11.6 Å². The zero-order chi connectivity index (χ0) is 15.6. The minimum absolute atomic E-state index is 0.149. The quantitative estimate of drug-likeness (QED) is 0.788. The third-order valence-corrected chi connectivity index (χ3v) is 4.11. The highest BCUT2D eigenvalue weighted by molar-refractivity contribution is 5.92. The van der Waals surface area contributed by atoms with Crippen LogP contribution in [0.15, 0.2) is 48.7 Å². The van der Waals surface area contributed by atoms with Crippen molar-refractivity contribution in [3.63, 3.8) is 0 Å². The molecular weight excluding hydrogens is 288 g/mol. The van der Waals surface area contributed by atoms with Gasteiger partial charge in [-0.15, -0.1) is 0 Å². The highest BCUT2D eigenvalue weighted by Gasteiger charge is 2.26. The second-order valence-electron chi connectivity index (χ2n) is 5.95. The molecule has 0 spiro atoms. The normalized spacial score (nSPS) is 14.1. The standard InChI is InChI=1S/C18H18N4O/c23-18(19-11-10-13-4-2-1-3-5-13)15-8-9-17-20-16(14-6-7-14)12-22(17)21-15/h1-5,8-9,12,14H,6-7,10-11H2,(H,19,23). The maximum atomic E-state index is 12.2. The predicted octanol–water partition coefficient (Wildman–Crippen LogP) is 2.58. The maximum absolute atomic E-state index is 12.2. The van der Waals surface area contributed by atoms with Gasteiger partial charge < -0.3 is 5.32 Å². The van der Waals surface area contributed by atoms with Gasteiger partial charge in [-0.25, -0.2) is 9.50 Å². The molecule has 3 aromatic rings. The highest BCUT2D eigenvalue weighted by atomic mass is 16.1. The fourth-order valence-corrected chi connectivity index (χ4v) is 2.65. The van der Waals surface area contributed by atoms with E-state index in [0.717, 1.165) is 17.8 Å². The average Bonchev–Trinajstić information content (AvgIpc) is 3.34. The number of hydrogen-bond donors (Lipinski definition) is 1. The molecule has 2 aromatic heterocycles. The van der Waals surface area contributed by atoms with E-state index in [2.05, 4.69) is 27.5 Å². The molecule has 23 heavy (non-hydrogen) atoms. The van der Waals surface area contributed by atoms with Gasteiger partial charge in [0, 0.05) is 12.5 Å². The molecule has 4 rings (SSSR count). The third kappa shape index (κ3) is 3.08. The van der Waals surface area contributed by atoms with Crippen LogP contribution in [0, 0.1) is 0 Å². The van der Waals surface area contributed by atoms with E-state index in [1.807, 2.05) is 30.5 Å². The SMILES string of the molecule is O=C(NCCc1ccccc1)c1ccc2nc(C3CC3)cn2n1. The largest absolute Gasteiger partial charge is 0.350 e. The van der Waals surface area contributed by atoms with E-state index >= 15 is 0 Å². The Bertz CT molecular complexity index is 837. The molecule has 0 aliphatic heterocycles. The molecule has 2 heterocycles. The molecule has 1 aliphatic carbocycles. The van der Waals surface area contributed by atoms with Crippen LogP contribution >= 0.6 is 0 Å². The van der Waals surface area contributed by atoms with Gasteiger partial charge in [0.25, 0.3) is 5.91 Å². The number of fused-ring (bicyclic) bond motifs is 1. The van der Waals surface area contributed by atoms with E-state index in [1.165, 1.54) is 18.4 Å². The molecule has 0 radical (unpaired) electrons. The first-order chi connectivity index (χ1) is 11.3. The molecular formula is C18H18N4O. The third-order valence-electron chi connectivity index (χ3n) is 4.11. The molecule has 1 fully saturated rings. The van der Waals surface area contributed by atoms with Gasteiger partial charge in [0.05, 0.1) is 11.9 Å². The number of nitrogens with one attached hydrogen (secondary N) is 1. The number of imidazole rings is 1. The first kappa shape index (κ1) is 13.9. The summed E-state index contributed by atoms with van der Waals surface area (Å²) in [7, 11) is 0. The summed E-state index contributed by atoms with van der Waals surface area (Å²) in [5, 5.41) is 7.29. The van der Waals surface area contributed by atoms with Crippen LogP contribution in [0.25, 0.3) is 5.65 Å². The lowest BCUT2D eigenvalue weighted by Gasteiger charge is -2.05. The van der Waals surface area contributed by atoms with E-state index in [0.29, 0.717) is 18.2 Å². The number of benzene rings is 1. The van der Waals surface area contributed by atoms with Crippen LogP contribution in [0.2, 0.25) is 0 Å². The smallest absolute Gasteiger partial charge is 0.271 e. The minimum Gasteiger partial charge on any atom is -0.350 e. The fraction of sp³-hybridized carbons (Fsp3) is 0.278. The molecule has 0 bridgehead atoms. The summed E-state index contributed by atoms with van der Waals surface area (Å²) in [5.74, 6) is 0.435. The molecule has 0 atom stereocenters. The molecule has 1 N–H and O–H groups in total. The molecule has 1 saturated carbocycles. The molecule has 116 valence electrons. The van der Waals surface area contributed by atoms with Crippen LogP contribution in [-0.4, -0.2) is 27.0 Å². The monoisotopic (exact) mass is 306 g/mol. The van der Waals surface area contributed by atoms with Crippen LogP contribution < -0.4 is 5.32 Å². The molecule has 5 nitrogen and oxygen atoms in total. The summed E-state index contributed by atoms with van der Waals surface area (Å²) in [5.41, 5.74) is 3.51. The number of hydrogen-bond acceptors (Lipinski definition) is 3. The van der Waals surface area contributed by atoms with Crippen molar-refractivity contribution in [2.75, 3.05) is 6.54 Å². The van der Waals surface area contributed by atoms with Crippen molar-refractivity contribution in [3.8, 4) is 0 Å². The summed E-state index contributed by atoms with van der Waals surface area (Å²) >= 11 is 0. The topological polar surface area (TPSA) is 59.3 Å². The molecule has 5 heteroatoms. The Hall–Kier alpha value is -2.69. The van der Waals surface area contributed by atoms with E-state index in [9.17, 15) is 4.79 Å². The molecule has 1 aromatic carbocycles. The van der Waals surface area contributed by atoms with Crippen LogP contribution in [0.1, 0.15) is 40.5 Å². The Labute approximate surface area is 134 Å². The van der Waals surface area contributed by atoms with Crippen LogP contribution in [0.4, 0.5) is 0 Å². The Morgan fingerprint density at radius 1 is 1.17 bits per heavy atom. The molecule has 0 saturated heterocycles. The van der Waals surface area contributed by atoms with Crippen molar-refractivity contribution in [2.45, 2.75) is 25.2 Å². The number of carbonyl (C=O) groups is 1. The van der Waals surface area contributed by atoms with Crippen LogP contribution in [-0.2, 0) is 6.42 Å². The Morgan fingerprint density at radius 2 is 2.00 bits per heavy atom. The second kappa shape index (κ2) is 5.83. The van der Waals surface area contributed by atoms with E-state index in [4.69, 9.17) is 0 Å². The van der Waals surface area contributed by atoms with Crippen molar-refractivity contribution in [3.05, 3.63) is 65.6 Å². The van der Waals surface area contributed by atoms with Gasteiger partial charge in [0.2, 0.25) is 0 Å². The van der Waals surface area contributed by atoms with Gasteiger partial charge in [0.15, 0.2) is 5.65 Å². The number of rotatable bonds is 5. The van der Waals surface area contributed by atoms with Crippen LogP contribution in [0.3, 0.4) is 0 Å². The summed E-state index contributed by atoms with van der Waals surface area (Å²) in [4.78, 5) is 16.8. The van der Waals surface area contributed by atoms with Crippen molar-refractivity contribution in [1.82, 2.24) is 19.9 Å². The lowest BCUT2D eigenvalue weighted by atomic mass is 10.1. The first-order valence-electron chi connectivity index (χ1n) is 7.98. The van der Waals surface area contributed by atoms with Gasteiger partial charge in [-0.05, 0) is 37.0 Å². The van der Waals surface area contributed by atoms with Crippen LogP contribution in [0.5, 0.6) is 0 Å². The number of nitrogens with zero attached hydrogens (tertiary/aromatic N) is 3. The van der Waals surface area contributed by atoms with E-state index in [1.54, 1.807) is 10.6 Å². The van der Waals surface area contributed by atoms with Gasteiger partial charge in [-0.2, -0.15) is 5.10 Å². The Balaban J connectivity index is 1.42.